The molecule has 1 aliphatic heterocycles. The minimum atomic E-state index is -0.0522. The number of terminal acetylenes is 1. The molecule has 1 saturated heterocycles. The molecule has 0 spiro atoms. The number of fused-ring (bicyclic) bond motifs is 2. The number of rotatable bonds is 6. The van der Waals surface area contributed by atoms with Gasteiger partial charge in [-0.05, 0) is 79.1 Å². The molecule has 1 aliphatic rings. The van der Waals surface area contributed by atoms with Gasteiger partial charge in [0.1, 0.15) is 29.6 Å². The Balaban J connectivity index is 1.28. The minimum Gasteiger partial charge on any atom is -0.358 e. The number of ether oxygens (including phenoxy) is 1. The lowest BCUT2D eigenvalue weighted by Crippen LogP contribution is -2.17. The normalized spacial score (nSPS) is 15.1. The van der Waals surface area contributed by atoms with Gasteiger partial charge in [-0.15, -0.1) is 6.42 Å². The first-order valence-corrected chi connectivity index (χ1v) is 14.1. The summed E-state index contributed by atoms with van der Waals surface area (Å²) in [6.45, 7) is 2.89. The molecular formula is C34H29N7O. The first kappa shape index (κ1) is 25.8. The number of pyridine rings is 2. The van der Waals surface area contributed by atoms with E-state index in [2.05, 4.69) is 52.4 Å². The van der Waals surface area contributed by atoms with Gasteiger partial charge in [0.2, 0.25) is 0 Å². The molecule has 206 valence electrons. The van der Waals surface area contributed by atoms with Crippen molar-refractivity contribution in [1.82, 2.24) is 29.5 Å². The fourth-order valence-corrected chi connectivity index (χ4v) is 5.75. The summed E-state index contributed by atoms with van der Waals surface area (Å²) in [6.07, 6.45) is 16.4. The topological polar surface area (TPSA) is 90.6 Å². The quantitative estimate of drug-likeness (QED) is 0.229. The lowest BCUT2D eigenvalue weighted by atomic mass is 9.94. The molecule has 1 fully saturated rings. The predicted octanol–water partition coefficient (Wildman–Crippen LogP) is 6.76. The lowest BCUT2D eigenvalue weighted by Gasteiger charge is -2.23. The highest BCUT2D eigenvalue weighted by molar-refractivity contribution is 5.96. The predicted molar refractivity (Wildman–Crippen MR) is 164 cm³/mol. The van der Waals surface area contributed by atoms with Crippen LogP contribution in [-0.4, -0.2) is 36.1 Å². The van der Waals surface area contributed by atoms with Gasteiger partial charge in [-0.1, -0.05) is 24.1 Å². The van der Waals surface area contributed by atoms with Gasteiger partial charge < -0.3 is 10.1 Å². The van der Waals surface area contributed by atoms with Crippen molar-refractivity contribution in [3.63, 3.8) is 0 Å². The summed E-state index contributed by atoms with van der Waals surface area (Å²) >= 11 is 0. The van der Waals surface area contributed by atoms with Crippen molar-refractivity contribution in [1.29, 1.82) is 0 Å². The Labute approximate surface area is 243 Å². The van der Waals surface area contributed by atoms with Gasteiger partial charge in [-0.2, -0.15) is 0 Å². The third-order valence-electron chi connectivity index (χ3n) is 7.90. The number of nitrogens with one attached hydrogen (secondary N) is 1. The molecule has 1 N–H and O–H groups in total. The zero-order valence-corrected chi connectivity index (χ0v) is 23.3. The molecule has 0 amide bonds. The van der Waals surface area contributed by atoms with Crippen LogP contribution in [0.1, 0.15) is 47.9 Å². The van der Waals surface area contributed by atoms with Crippen LogP contribution in [0.2, 0.25) is 0 Å². The fraction of sp³-hybridized carbons (Fsp3) is 0.206. The zero-order valence-electron chi connectivity index (χ0n) is 23.3. The molecule has 8 nitrogen and oxygen atoms in total. The Morgan fingerprint density at radius 1 is 0.976 bits per heavy atom. The fourth-order valence-electron chi connectivity index (χ4n) is 5.75. The van der Waals surface area contributed by atoms with Crippen molar-refractivity contribution in [3.05, 3.63) is 102 Å². The molecule has 2 aromatic carbocycles. The van der Waals surface area contributed by atoms with Crippen molar-refractivity contribution in [2.24, 2.45) is 0 Å². The molecule has 42 heavy (non-hydrogen) atoms. The smallest absolute Gasteiger partial charge is 0.165 e. The highest BCUT2D eigenvalue weighted by Crippen LogP contribution is 2.34. The first-order chi connectivity index (χ1) is 20.7. The van der Waals surface area contributed by atoms with Crippen molar-refractivity contribution in [2.45, 2.75) is 38.8 Å². The average molecular weight is 552 g/mol. The van der Waals surface area contributed by atoms with Crippen LogP contribution in [0, 0.1) is 19.3 Å². The molecule has 0 bridgehead atoms. The summed E-state index contributed by atoms with van der Waals surface area (Å²) in [6, 6.07) is 18.1. The maximum absolute atomic E-state index is 6.02. The highest BCUT2D eigenvalue weighted by atomic mass is 16.5. The maximum Gasteiger partial charge on any atom is 0.165 e. The van der Waals surface area contributed by atoms with Gasteiger partial charge >= 0.3 is 0 Å². The third kappa shape index (κ3) is 4.74. The molecule has 1 unspecified atom stereocenters. The van der Waals surface area contributed by atoms with E-state index in [-0.39, 0.29) is 6.23 Å². The Hall–Kier alpha value is -5.13. The number of imidazole rings is 1. The van der Waals surface area contributed by atoms with Crippen LogP contribution in [0.3, 0.4) is 0 Å². The van der Waals surface area contributed by atoms with Crippen LogP contribution in [0.15, 0.2) is 79.6 Å². The minimum absolute atomic E-state index is 0.0522. The first-order valence-electron chi connectivity index (χ1n) is 14.1. The van der Waals surface area contributed by atoms with E-state index in [9.17, 15) is 0 Å². The summed E-state index contributed by atoms with van der Waals surface area (Å²) in [5, 5.41) is 5.60. The molecule has 6 aromatic rings. The second-order valence-electron chi connectivity index (χ2n) is 10.5. The van der Waals surface area contributed by atoms with E-state index in [0.29, 0.717) is 6.42 Å². The second-order valence-corrected chi connectivity index (χ2v) is 10.5. The summed E-state index contributed by atoms with van der Waals surface area (Å²) in [5.41, 5.74) is 8.23. The summed E-state index contributed by atoms with van der Waals surface area (Å²) in [7, 11) is 0. The van der Waals surface area contributed by atoms with E-state index in [1.54, 1.807) is 6.33 Å². The van der Waals surface area contributed by atoms with E-state index in [4.69, 9.17) is 26.1 Å². The molecule has 0 aliphatic carbocycles. The molecule has 5 heterocycles. The maximum atomic E-state index is 6.02. The van der Waals surface area contributed by atoms with Crippen LogP contribution in [0.5, 0.6) is 0 Å². The van der Waals surface area contributed by atoms with Crippen molar-refractivity contribution in [3.8, 4) is 23.6 Å². The summed E-state index contributed by atoms with van der Waals surface area (Å²) < 4.78 is 8.06. The molecule has 7 rings (SSSR count). The van der Waals surface area contributed by atoms with Crippen LogP contribution >= 0.6 is 0 Å². The number of aryl methyl sites for hydroxylation is 1. The molecular weight excluding hydrogens is 522 g/mol. The molecule has 0 radical (unpaired) electrons. The highest BCUT2D eigenvalue weighted by Gasteiger charge is 2.22. The van der Waals surface area contributed by atoms with Gasteiger partial charge in [-0.3, -0.25) is 9.55 Å². The van der Waals surface area contributed by atoms with E-state index in [1.807, 2.05) is 53.6 Å². The Morgan fingerprint density at radius 3 is 2.81 bits per heavy atom. The number of benzene rings is 2. The molecule has 0 saturated carbocycles. The van der Waals surface area contributed by atoms with E-state index >= 15 is 0 Å². The summed E-state index contributed by atoms with van der Waals surface area (Å²) in [5.74, 6) is 3.47. The van der Waals surface area contributed by atoms with Crippen LogP contribution in [0.25, 0.3) is 33.2 Å². The third-order valence-corrected chi connectivity index (χ3v) is 7.90. The van der Waals surface area contributed by atoms with E-state index in [0.717, 1.165) is 81.8 Å². The van der Waals surface area contributed by atoms with E-state index in [1.165, 1.54) is 11.1 Å². The Morgan fingerprint density at radius 2 is 1.93 bits per heavy atom. The number of hydrogen-bond acceptors (Lipinski definition) is 7. The van der Waals surface area contributed by atoms with Gasteiger partial charge in [0.05, 0.1) is 12.0 Å². The summed E-state index contributed by atoms with van der Waals surface area (Å²) in [4.78, 5) is 23.5. The van der Waals surface area contributed by atoms with Gasteiger partial charge in [0.15, 0.2) is 5.65 Å². The van der Waals surface area contributed by atoms with Gasteiger partial charge in [0, 0.05) is 47.6 Å². The van der Waals surface area contributed by atoms with Crippen molar-refractivity contribution in [2.75, 3.05) is 11.9 Å². The average Bonchev–Trinajstić information content (AvgIpc) is 3.48. The standard InChI is InChI=1S/C34H29N7O/c1-3-23-8-6-9-24(18-23)40-33-26-13-12-22(2)28(25(26)14-16-36-33)19-29-27(10-7-15-35-29)31-32-34(38-20-37-31)41(21-39-32)30-11-4-5-17-42-30/h1,6-10,12-16,18,20-21,30H,4-5,11,17,19H2,2H3,(H,36,40). The SMILES string of the molecule is C#Cc1cccc(Nc2nccc3c(Cc4ncccc4-c4ncnc5c4ncn5C4CCCCO4)c(C)ccc23)c1. The van der Waals surface area contributed by atoms with Gasteiger partial charge in [0.25, 0.3) is 0 Å². The second kappa shape index (κ2) is 11.0. The van der Waals surface area contributed by atoms with Crippen molar-refractivity contribution >= 4 is 33.4 Å². The molecule has 1 atom stereocenters. The largest absolute Gasteiger partial charge is 0.358 e. The number of aromatic nitrogens is 6. The Kier molecular flexibility index (Phi) is 6.78. The van der Waals surface area contributed by atoms with E-state index < -0.39 is 0 Å². The zero-order chi connectivity index (χ0) is 28.5. The van der Waals surface area contributed by atoms with Crippen LogP contribution < -0.4 is 5.32 Å². The Bertz CT molecular complexity index is 1970. The molecule has 4 aromatic heterocycles. The number of hydrogen-bond donors (Lipinski definition) is 1. The van der Waals surface area contributed by atoms with Gasteiger partial charge in [-0.25, -0.2) is 19.9 Å². The lowest BCUT2D eigenvalue weighted by molar-refractivity contribution is -0.0298. The van der Waals surface area contributed by atoms with Crippen LogP contribution in [0.4, 0.5) is 11.5 Å². The number of nitrogens with zero attached hydrogens (tertiary/aromatic N) is 6. The van der Waals surface area contributed by atoms with Crippen LogP contribution in [-0.2, 0) is 11.2 Å². The molecule has 8 heteroatoms. The van der Waals surface area contributed by atoms with Crippen molar-refractivity contribution < 1.29 is 4.74 Å². The monoisotopic (exact) mass is 551 g/mol. The number of anilines is 2.